The molecular weight excluding hydrogens is 386 g/mol. The lowest BCUT2D eigenvalue weighted by molar-refractivity contribution is -0.148. The van der Waals surface area contributed by atoms with Crippen LogP contribution in [-0.4, -0.2) is 30.4 Å². The van der Waals surface area contributed by atoms with Crippen LogP contribution in [0.4, 0.5) is 10.5 Å². The Morgan fingerprint density at radius 1 is 1.00 bits per heavy atom. The predicted molar refractivity (Wildman–Crippen MR) is 112 cm³/mol. The highest BCUT2D eigenvalue weighted by molar-refractivity contribution is 6.02. The number of carbonyl (C=O) groups excluding carboxylic acids is 4. The molecule has 2 rings (SSSR count). The van der Waals surface area contributed by atoms with E-state index in [0.717, 1.165) is 16.7 Å². The lowest BCUT2D eigenvalue weighted by Crippen LogP contribution is -2.37. The number of aryl methyl sites for hydroxylation is 2. The fourth-order valence-corrected chi connectivity index (χ4v) is 2.82. The fourth-order valence-electron chi connectivity index (χ4n) is 2.82. The Kier molecular flexibility index (Phi) is 8.10. The largest absolute Gasteiger partial charge is 0.455 e. The molecule has 0 aliphatic heterocycles. The third-order valence-corrected chi connectivity index (χ3v) is 4.20. The summed E-state index contributed by atoms with van der Waals surface area (Å²) in [6, 6.07) is 13.1. The summed E-state index contributed by atoms with van der Waals surface area (Å²) in [6.07, 6.45) is -0.147. The third kappa shape index (κ3) is 7.38. The maximum absolute atomic E-state index is 12.1. The van der Waals surface area contributed by atoms with Gasteiger partial charge in [-0.25, -0.2) is 4.79 Å². The van der Waals surface area contributed by atoms with Gasteiger partial charge in [-0.2, -0.15) is 0 Å². The van der Waals surface area contributed by atoms with Crippen molar-refractivity contribution in [1.29, 1.82) is 0 Å². The molecule has 3 N–H and O–H groups in total. The monoisotopic (exact) mass is 411 g/mol. The first-order valence-electron chi connectivity index (χ1n) is 9.40. The van der Waals surface area contributed by atoms with Crippen LogP contribution < -0.4 is 16.0 Å². The molecule has 0 aliphatic carbocycles. The maximum Gasteiger partial charge on any atom is 0.325 e. The van der Waals surface area contributed by atoms with Gasteiger partial charge >= 0.3 is 12.0 Å². The smallest absolute Gasteiger partial charge is 0.325 e. The Balaban J connectivity index is 1.83. The fraction of sp³-hybridized carbons (Fsp3) is 0.273. The number of imide groups is 1. The van der Waals surface area contributed by atoms with Crippen molar-refractivity contribution in [3.8, 4) is 0 Å². The van der Waals surface area contributed by atoms with E-state index in [1.165, 1.54) is 6.92 Å². The molecule has 8 heteroatoms. The van der Waals surface area contributed by atoms with E-state index in [-0.39, 0.29) is 12.3 Å². The van der Waals surface area contributed by atoms with Crippen LogP contribution in [0.1, 0.15) is 36.1 Å². The molecule has 0 unspecified atom stereocenters. The van der Waals surface area contributed by atoms with Gasteiger partial charge in [-0.3, -0.25) is 19.7 Å². The Hall–Kier alpha value is -3.68. The zero-order valence-corrected chi connectivity index (χ0v) is 17.2. The molecule has 0 saturated carbocycles. The number of nitrogens with one attached hydrogen (secondary N) is 3. The topological polar surface area (TPSA) is 114 Å². The Morgan fingerprint density at radius 2 is 1.70 bits per heavy atom. The maximum atomic E-state index is 12.1. The summed E-state index contributed by atoms with van der Waals surface area (Å²) in [7, 11) is 0. The van der Waals surface area contributed by atoms with Crippen molar-refractivity contribution in [3.63, 3.8) is 0 Å². The lowest BCUT2D eigenvalue weighted by atomic mass is 10.0. The molecular formula is C22H25N3O5. The number of hydrogen-bond donors (Lipinski definition) is 3. The third-order valence-electron chi connectivity index (χ3n) is 4.20. The van der Waals surface area contributed by atoms with Crippen molar-refractivity contribution < 1.29 is 23.9 Å². The van der Waals surface area contributed by atoms with Crippen LogP contribution >= 0.6 is 0 Å². The van der Waals surface area contributed by atoms with E-state index in [0.29, 0.717) is 5.69 Å². The van der Waals surface area contributed by atoms with Gasteiger partial charge in [-0.05, 0) is 31.0 Å². The first kappa shape index (κ1) is 22.6. The number of urea groups is 1. The van der Waals surface area contributed by atoms with Gasteiger partial charge in [0, 0.05) is 12.6 Å². The minimum atomic E-state index is -0.763. The van der Waals surface area contributed by atoms with E-state index in [1.54, 1.807) is 30.3 Å². The van der Waals surface area contributed by atoms with Crippen molar-refractivity contribution in [1.82, 2.24) is 10.6 Å². The molecule has 0 bridgehead atoms. The second-order valence-electron chi connectivity index (χ2n) is 6.85. The van der Waals surface area contributed by atoms with Gasteiger partial charge in [-0.15, -0.1) is 0 Å². The Labute approximate surface area is 175 Å². The summed E-state index contributed by atoms with van der Waals surface area (Å²) in [6.45, 7) is 4.51. The molecule has 1 atom stereocenters. The number of anilines is 1. The van der Waals surface area contributed by atoms with Gasteiger partial charge in [0.05, 0.1) is 12.5 Å². The minimum absolute atomic E-state index is 0.147. The normalized spacial score (nSPS) is 11.2. The van der Waals surface area contributed by atoms with Crippen LogP contribution in [0, 0.1) is 13.8 Å². The van der Waals surface area contributed by atoms with Crippen molar-refractivity contribution in [2.45, 2.75) is 33.2 Å². The Morgan fingerprint density at radius 3 is 2.33 bits per heavy atom. The molecule has 2 aromatic rings. The highest BCUT2D eigenvalue weighted by Crippen LogP contribution is 2.17. The number of rotatable bonds is 7. The summed E-state index contributed by atoms with van der Waals surface area (Å²) >= 11 is 0. The van der Waals surface area contributed by atoms with E-state index >= 15 is 0 Å². The second kappa shape index (κ2) is 10.8. The van der Waals surface area contributed by atoms with Crippen LogP contribution in [0.2, 0.25) is 0 Å². The van der Waals surface area contributed by atoms with Crippen molar-refractivity contribution >= 4 is 29.5 Å². The zero-order valence-electron chi connectivity index (χ0n) is 17.2. The van der Waals surface area contributed by atoms with Gasteiger partial charge in [-0.1, -0.05) is 48.0 Å². The van der Waals surface area contributed by atoms with Crippen LogP contribution in [0.5, 0.6) is 0 Å². The van der Waals surface area contributed by atoms with Gasteiger partial charge in [0.25, 0.3) is 5.91 Å². The molecule has 8 nitrogen and oxygen atoms in total. The molecule has 0 radical (unpaired) electrons. The standard InChI is InChI=1S/C22H25N3O5/c1-14-9-10-18(15(2)11-14)24-22(29)25-20(27)13-30-21(28)12-19(23-16(3)26)17-7-5-4-6-8-17/h4-11,19H,12-13H2,1-3H3,(H,23,26)(H2,24,25,27,29)/t19-/m0/s1. The second-order valence-corrected chi connectivity index (χ2v) is 6.85. The molecule has 0 aliphatic rings. The summed E-state index contributed by atoms with van der Waals surface area (Å²) < 4.78 is 4.95. The predicted octanol–water partition coefficient (Wildman–Crippen LogP) is 2.76. The first-order chi connectivity index (χ1) is 14.2. The summed E-state index contributed by atoms with van der Waals surface area (Å²) in [5, 5.41) is 7.36. The summed E-state index contributed by atoms with van der Waals surface area (Å²) in [4.78, 5) is 47.4. The number of hydrogen-bond acceptors (Lipinski definition) is 5. The molecule has 158 valence electrons. The zero-order chi connectivity index (χ0) is 22.1. The lowest BCUT2D eigenvalue weighted by Gasteiger charge is -2.17. The van der Waals surface area contributed by atoms with Gasteiger partial charge in [0.2, 0.25) is 5.91 Å². The van der Waals surface area contributed by atoms with Crippen molar-refractivity contribution in [2.24, 2.45) is 0 Å². The number of amides is 4. The summed E-state index contributed by atoms with van der Waals surface area (Å²) in [5.41, 5.74) is 3.22. The molecule has 4 amide bonds. The van der Waals surface area contributed by atoms with Crippen LogP contribution in [0.15, 0.2) is 48.5 Å². The minimum Gasteiger partial charge on any atom is -0.455 e. The molecule has 0 fully saturated rings. The van der Waals surface area contributed by atoms with Crippen molar-refractivity contribution in [2.75, 3.05) is 11.9 Å². The SMILES string of the molecule is CC(=O)N[C@@H](CC(=O)OCC(=O)NC(=O)Nc1ccc(C)cc1C)c1ccccc1. The van der Waals surface area contributed by atoms with Crippen LogP contribution in [0.3, 0.4) is 0 Å². The van der Waals surface area contributed by atoms with Gasteiger partial charge in [0.15, 0.2) is 6.61 Å². The number of ether oxygens (including phenoxy) is 1. The first-order valence-corrected chi connectivity index (χ1v) is 9.40. The van der Waals surface area contributed by atoms with Crippen molar-refractivity contribution in [3.05, 3.63) is 65.2 Å². The highest BCUT2D eigenvalue weighted by Gasteiger charge is 2.19. The molecule has 0 saturated heterocycles. The average molecular weight is 411 g/mol. The molecule has 0 aromatic heterocycles. The highest BCUT2D eigenvalue weighted by atomic mass is 16.5. The van der Waals surface area contributed by atoms with Crippen LogP contribution in [0.25, 0.3) is 0 Å². The number of benzene rings is 2. The van der Waals surface area contributed by atoms with E-state index < -0.39 is 30.6 Å². The molecule has 0 spiro atoms. The van der Waals surface area contributed by atoms with Crippen LogP contribution in [-0.2, 0) is 19.1 Å². The Bertz CT molecular complexity index is 928. The quantitative estimate of drug-likeness (QED) is 0.606. The molecule has 30 heavy (non-hydrogen) atoms. The van der Waals surface area contributed by atoms with E-state index in [1.807, 2.05) is 32.0 Å². The molecule has 2 aromatic carbocycles. The summed E-state index contributed by atoms with van der Waals surface area (Å²) in [5.74, 6) is -1.73. The average Bonchev–Trinajstić information content (AvgIpc) is 2.68. The molecule has 0 heterocycles. The van der Waals surface area contributed by atoms with E-state index in [2.05, 4.69) is 16.0 Å². The van der Waals surface area contributed by atoms with Gasteiger partial charge in [0.1, 0.15) is 0 Å². The van der Waals surface area contributed by atoms with E-state index in [4.69, 9.17) is 4.74 Å². The number of esters is 1. The van der Waals surface area contributed by atoms with E-state index in [9.17, 15) is 19.2 Å². The number of carbonyl (C=O) groups is 4. The van der Waals surface area contributed by atoms with Gasteiger partial charge < -0.3 is 15.4 Å².